The first-order chi connectivity index (χ1) is 15.3. The molecule has 1 amide bonds. The molecule has 0 unspecified atom stereocenters. The Bertz CT molecular complexity index is 1010. The van der Waals surface area contributed by atoms with Gasteiger partial charge in [0.1, 0.15) is 6.04 Å². The lowest BCUT2D eigenvalue weighted by Gasteiger charge is -2.24. The average Bonchev–Trinajstić information content (AvgIpc) is 3.20. The summed E-state index contributed by atoms with van der Waals surface area (Å²) in [4.78, 5) is 25.4. The molecule has 8 nitrogen and oxygen atoms in total. The van der Waals surface area contributed by atoms with Crippen LogP contribution in [0.1, 0.15) is 37.0 Å². The van der Waals surface area contributed by atoms with Crippen molar-refractivity contribution in [2.45, 2.75) is 50.0 Å². The topological polar surface area (TPSA) is 111 Å². The van der Waals surface area contributed by atoms with Crippen LogP contribution in [0.15, 0.2) is 65.6 Å². The van der Waals surface area contributed by atoms with Gasteiger partial charge in [-0.1, -0.05) is 50.2 Å². The molecule has 0 aromatic heterocycles. The number of esters is 1. The minimum absolute atomic E-state index is 0.0655. The molecule has 32 heavy (non-hydrogen) atoms. The molecule has 1 saturated heterocycles. The van der Waals surface area contributed by atoms with Crippen LogP contribution in [0.5, 0.6) is 0 Å². The molecular formula is C23H28N2O6S. The highest BCUT2D eigenvalue weighted by atomic mass is 32.2. The summed E-state index contributed by atoms with van der Waals surface area (Å²) in [6, 6.07) is 14.8. The molecule has 0 saturated carbocycles. The highest BCUT2D eigenvalue weighted by Crippen LogP contribution is 2.18. The second-order valence-electron chi connectivity index (χ2n) is 8.03. The van der Waals surface area contributed by atoms with Gasteiger partial charge in [-0.15, -0.1) is 0 Å². The Labute approximate surface area is 188 Å². The summed E-state index contributed by atoms with van der Waals surface area (Å²) < 4.78 is 38.9. The fourth-order valence-electron chi connectivity index (χ4n) is 3.39. The van der Waals surface area contributed by atoms with Gasteiger partial charge in [-0.2, -0.15) is 4.72 Å². The zero-order valence-electron chi connectivity index (χ0n) is 18.1. The van der Waals surface area contributed by atoms with E-state index in [2.05, 4.69) is 10.0 Å². The van der Waals surface area contributed by atoms with Crippen molar-refractivity contribution in [2.24, 2.45) is 5.92 Å². The van der Waals surface area contributed by atoms with E-state index in [1.807, 2.05) is 13.8 Å². The van der Waals surface area contributed by atoms with Crippen LogP contribution in [0.25, 0.3) is 0 Å². The molecule has 3 atom stereocenters. The molecule has 1 heterocycles. The van der Waals surface area contributed by atoms with E-state index in [0.29, 0.717) is 25.0 Å². The van der Waals surface area contributed by atoms with Crippen molar-refractivity contribution >= 4 is 21.9 Å². The largest absolute Gasteiger partial charge is 0.430 e. The monoisotopic (exact) mass is 460 g/mol. The maximum atomic E-state index is 13.0. The number of carbonyl (C=O) groups excluding carboxylic acids is 2. The van der Waals surface area contributed by atoms with Crippen molar-refractivity contribution in [1.29, 1.82) is 0 Å². The van der Waals surface area contributed by atoms with Gasteiger partial charge in [0.15, 0.2) is 0 Å². The summed E-state index contributed by atoms with van der Waals surface area (Å²) in [5.74, 6) is -0.981. The van der Waals surface area contributed by atoms with Crippen LogP contribution in [0, 0.1) is 5.92 Å². The zero-order chi connectivity index (χ0) is 23.1. The number of hydrogen-bond acceptors (Lipinski definition) is 6. The van der Waals surface area contributed by atoms with Gasteiger partial charge in [-0.25, -0.2) is 13.2 Å². The molecular weight excluding hydrogens is 432 g/mol. The van der Waals surface area contributed by atoms with Gasteiger partial charge in [0, 0.05) is 0 Å². The molecule has 172 valence electrons. The number of carbonyl (C=O) groups is 2. The molecule has 1 fully saturated rings. The van der Waals surface area contributed by atoms with Gasteiger partial charge in [-0.3, -0.25) is 4.79 Å². The third-order valence-electron chi connectivity index (χ3n) is 4.97. The Balaban J connectivity index is 1.67. The molecule has 0 radical (unpaired) electrons. The SMILES string of the molecule is CC(C)C[C@H](NS(=O)(=O)c1ccccc1)C(=O)N[C@H]1CCO[C@H]1OC(=O)c1ccccc1. The van der Waals surface area contributed by atoms with Gasteiger partial charge in [0.2, 0.25) is 22.2 Å². The van der Waals surface area contributed by atoms with Gasteiger partial charge in [-0.05, 0) is 43.0 Å². The molecule has 0 aliphatic carbocycles. The normalized spacial score (nSPS) is 19.5. The van der Waals surface area contributed by atoms with Crippen LogP contribution < -0.4 is 10.0 Å². The first-order valence-corrected chi connectivity index (χ1v) is 12.0. The second-order valence-corrected chi connectivity index (χ2v) is 9.74. The average molecular weight is 461 g/mol. The number of ether oxygens (including phenoxy) is 2. The van der Waals surface area contributed by atoms with Crippen LogP contribution in [-0.4, -0.2) is 45.3 Å². The third-order valence-corrected chi connectivity index (χ3v) is 6.46. The van der Waals surface area contributed by atoms with Crippen LogP contribution in [0.3, 0.4) is 0 Å². The first-order valence-electron chi connectivity index (χ1n) is 10.5. The standard InChI is InChI=1S/C23H28N2O6S/c1-16(2)15-20(25-32(28,29)18-11-7-4-8-12-18)21(26)24-19-13-14-30-23(19)31-22(27)17-9-5-3-6-10-17/h3-12,16,19-20,23,25H,13-15H2,1-2H3,(H,24,26)/t19-,20-,23-/m0/s1. The number of rotatable bonds is 9. The van der Waals surface area contributed by atoms with E-state index in [0.717, 1.165) is 0 Å². The zero-order valence-corrected chi connectivity index (χ0v) is 18.9. The third kappa shape index (κ3) is 6.38. The lowest BCUT2D eigenvalue weighted by atomic mass is 10.0. The first kappa shape index (κ1) is 23.9. The molecule has 2 aromatic rings. The van der Waals surface area contributed by atoms with Crippen molar-refractivity contribution in [2.75, 3.05) is 6.61 Å². The fourth-order valence-corrected chi connectivity index (χ4v) is 4.62. The summed E-state index contributed by atoms with van der Waals surface area (Å²) >= 11 is 0. The minimum Gasteiger partial charge on any atom is -0.430 e. The van der Waals surface area contributed by atoms with Crippen LogP contribution in [0.2, 0.25) is 0 Å². The predicted molar refractivity (Wildman–Crippen MR) is 118 cm³/mol. The highest BCUT2D eigenvalue weighted by Gasteiger charge is 2.35. The van der Waals surface area contributed by atoms with Gasteiger partial charge in [0.25, 0.3) is 0 Å². The Morgan fingerprint density at radius 3 is 2.31 bits per heavy atom. The quantitative estimate of drug-likeness (QED) is 0.556. The van der Waals surface area contributed by atoms with Crippen molar-refractivity contribution in [1.82, 2.24) is 10.0 Å². The van der Waals surface area contributed by atoms with Crippen molar-refractivity contribution in [3.05, 3.63) is 66.2 Å². The summed E-state index contributed by atoms with van der Waals surface area (Å²) in [6.45, 7) is 4.11. The number of nitrogens with one attached hydrogen (secondary N) is 2. The maximum absolute atomic E-state index is 13.0. The number of hydrogen-bond donors (Lipinski definition) is 2. The molecule has 9 heteroatoms. The number of sulfonamides is 1. The van der Waals surface area contributed by atoms with E-state index < -0.39 is 40.3 Å². The van der Waals surface area contributed by atoms with Crippen LogP contribution in [-0.2, 0) is 24.3 Å². The molecule has 2 aromatic carbocycles. The van der Waals surface area contributed by atoms with E-state index >= 15 is 0 Å². The molecule has 1 aliphatic heterocycles. The highest BCUT2D eigenvalue weighted by molar-refractivity contribution is 7.89. The lowest BCUT2D eigenvalue weighted by molar-refractivity contribution is -0.128. The van der Waals surface area contributed by atoms with Gasteiger partial charge < -0.3 is 14.8 Å². The molecule has 3 rings (SSSR count). The number of benzene rings is 2. The Kier molecular flexibility index (Phi) is 8.00. The maximum Gasteiger partial charge on any atom is 0.340 e. The molecule has 2 N–H and O–H groups in total. The molecule has 0 spiro atoms. The van der Waals surface area contributed by atoms with Crippen molar-refractivity contribution < 1.29 is 27.5 Å². The summed E-state index contributed by atoms with van der Waals surface area (Å²) in [5.41, 5.74) is 0.376. The summed E-state index contributed by atoms with van der Waals surface area (Å²) in [5, 5.41) is 2.80. The minimum atomic E-state index is -3.88. The Morgan fingerprint density at radius 1 is 1.06 bits per heavy atom. The van der Waals surface area contributed by atoms with E-state index in [-0.39, 0.29) is 10.8 Å². The lowest BCUT2D eigenvalue weighted by Crippen LogP contribution is -2.52. The Hall–Kier alpha value is -2.75. The van der Waals surface area contributed by atoms with E-state index in [4.69, 9.17) is 9.47 Å². The number of amides is 1. The van der Waals surface area contributed by atoms with Crippen LogP contribution in [0.4, 0.5) is 0 Å². The van der Waals surface area contributed by atoms with E-state index in [1.54, 1.807) is 48.5 Å². The van der Waals surface area contributed by atoms with Crippen molar-refractivity contribution in [3.63, 3.8) is 0 Å². The predicted octanol–water partition coefficient (Wildman–Crippen LogP) is 2.47. The van der Waals surface area contributed by atoms with Gasteiger partial charge in [0.05, 0.1) is 23.1 Å². The molecule has 0 bridgehead atoms. The second kappa shape index (κ2) is 10.7. The smallest absolute Gasteiger partial charge is 0.340 e. The van der Waals surface area contributed by atoms with E-state index in [1.165, 1.54) is 12.1 Å². The summed E-state index contributed by atoms with van der Waals surface area (Å²) in [6.07, 6.45) is -0.199. The molecule has 1 aliphatic rings. The van der Waals surface area contributed by atoms with Gasteiger partial charge >= 0.3 is 5.97 Å². The van der Waals surface area contributed by atoms with E-state index in [9.17, 15) is 18.0 Å². The Morgan fingerprint density at radius 2 is 1.69 bits per heavy atom. The fraction of sp³-hybridized carbons (Fsp3) is 0.391. The summed E-state index contributed by atoms with van der Waals surface area (Å²) in [7, 11) is -3.88. The van der Waals surface area contributed by atoms with Crippen LogP contribution >= 0.6 is 0 Å². The van der Waals surface area contributed by atoms with Crippen molar-refractivity contribution in [3.8, 4) is 0 Å².